The molecule has 0 radical (unpaired) electrons. The van der Waals surface area contributed by atoms with Crippen molar-refractivity contribution in [2.24, 2.45) is 0 Å². The first-order valence-electron chi connectivity index (χ1n) is 7.74. The molecule has 1 aliphatic heterocycles. The van der Waals surface area contributed by atoms with E-state index in [0.29, 0.717) is 25.1 Å². The van der Waals surface area contributed by atoms with Crippen LogP contribution >= 0.6 is 0 Å². The zero-order valence-corrected chi connectivity index (χ0v) is 14.4. The molecule has 2 rings (SSSR count). The summed E-state index contributed by atoms with van der Waals surface area (Å²) in [6.07, 6.45) is 3.39. The number of hydrogen-bond donors (Lipinski definition) is 1. The number of aromatic nitrogens is 1. The maximum Gasteiger partial charge on any atom is 0.272 e. The van der Waals surface area contributed by atoms with Gasteiger partial charge in [-0.1, -0.05) is 6.08 Å². The molecule has 2 amide bonds. The number of nitrogens with one attached hydrogen (secondary N) is 1. The van der Waals surface area contributed by atoms with Gasteiger partial charge in [-0.25, -0.2) is 8.42 Å². The van der Waals surface area contributed by atoms with Crippen LogP contribution in [0, 0.1) is 0 Å². The maximum absolute atomic E-state index is 12.7. The van der Waals surface area contributed by atoms with Crippen LogP contribution in [0.4, 0.5) is 0 Å². The molecule has 7 nitrogen and oxygen atoms in total. The molecule has 24 heavy (non-hydrogen) atoms. The van der Waals surface area contributed by atoms with E-state index < -0.39 is 9.84 Å². The van der Waals surface area contributed by atoms with Crippen molar-refractivity contribution in [1.29, 1.82) is 0 Å². The smallest absolute Gasteiger partial charge is 0.272 e. The van der Waals surface area contributed by atoms with Crippen LogP contribution < -0.4 is 5.32 Å². The second-order valence-electron chi connectivity index (χ2n) is 5.58. The first kappa shape index (κ1) is 18.1. The normalized spacial score (nSPS) is 18.8. The van der Waals surface area contributed by atoms with Crippen molar-refractivity contribution in [3.63, 3.8) is 0 Å². The Morgan fingerprint density at radius 3 is 2.83 bits per heavy atom. The molecule has 1 aromatic heterocycles. The Morgan fingerprint density at radius 1 is 1.50 bits per heavy atom. The van der Waals surface area contributed by atoms with Crippen LogP contribution in [0.25, 0.3) is 0 Å². The van der Waals surface area contributed by atoms with Crippen LogP contribution in [0.1, 0.15) is 34.2 Å². The molecule has 1 aromatic rings. The van der Waals surface area contributed by atoms with Gasteiger partial charge in [0.05, 0.1) is 11.5 Å². The van der Waals surface area contributed by atoms with Crippen molar-refractivity contribution in [2.45, 2.75) is 19.4 Å². The second kappa shape index (κ2) is 7.57. The van der Waals surface area contributed by atoms with Gasteiger partial charge in [0.15, 0.2) is 9.84 Å². The van der Waals surface area contributed by atoms with Crippen LogP contribution in [0.3, 0.4) is 0 Å². The van der Waals surface area contributed by atoms with Crippen LogP contribution in [0.15, 0.2) is 31.0 Å². The Kier molecular flexibility index (Phi) is 5.71. The lowest BCUT2D eigenvalue weighted by atomic mass is 10.1. The van der Waals surface area contributed by atoms with Crippen LogP contribution in [-0.2, 0) is 9.84 Å². The number of hydrogen-bond acceptors (Lipinski definition) is 5. The summed E-state index contributed by atoms with van der Waals surface area (Å²) in [6.45, 7) is 6.03. The predicted molar refractivity (Wildman–Crippen MR) is 90.5 cm³/mol. The van der Waals surface area contributed by atoms with Crippen molar-refractivity contribution < 1.29 is 18.0 Å². The summed E-state index contributed by atoms with van der Waals surface area (Å²) in [4.78, 5) is 30.2. The lowest BCUT2D eigenvalue weighted by Crippen LogP contribution is -2.41. The van der Waals surface area contributed by atoms with Gasteiger partial charge in [-0.2, -0.15) is 0 Å². The minimum Gasteiger partial charge on any atom is -0.349 e. The van der Waals surface area contributed by atoms with Crippen molar-refractivity contribution in [1.82, 2.24) is 15.2 Å². The molecule has 1 saturated heterocycles. The summed E-state index contributed by atoms with van der Waals surface area (Å²) >= 11 is 0. The topological polar surface area (TPSA) is 96.4 Å². The molecule has 0 aliphatic carbocycles. The Labute approximate surface area is 141 Å². The Hall–Kier alpha value is -2.22. The molecule has 0 saturated carbocycles. The molecule has 0 spiro atoms. The number of amides is 2. The highest BCUT2D eigenvalue weighted by Crippen LogP contribution is 2.19. The SMILES string of the molecule is C=CCNC(=O)c1ccnc(C(=O)N(CC)C2CCS(=O)(=O)C2)c1. The third-order valence-corrected chi connectivity index (χ3v) is 5.65. The van der Waals surface area contributed by atoms with Crippen molar-refractivity contribution in [2.75, 3.05) is 24.6 Å². The predicted octanol–water partition coefficient (Wildman–Crippen LogP) is 0.647. The fourth-order valence-corrected chi connectivity index (χ4v) is 4.42. The fourth-order valence-electron chi connectivity index (χ4n) is 2.69. The van der Waals surface area contributed by atoms with E-state index in [-0.39, 0.29) is 35.1 Å². The highest BCUT2D eigenvalue weighted by atomic mass is 32.2. The molecule has 1 N–H and O–H groups in total. The second-order valence-corrected chi connectivity index (χ2v) is 7.81. The number of sulfone groups is 1. The monoisotopic (exact) mass is 351 g/mol. The van der Waals surface area contributed by atoms with Gasteiger partial charge in [0.1, 0.15) is 5.69 Å². The van der Waals surface area contributed by atoms with Gasteiger partial charge < -0.3 is 10.2 Å². The van der Waals surface area contributed by atoms with Gasteiger partial charge in [0.25, 0.3) is 11.8 Å². The van der Waals surface area contributed by atoms with E-state index in [2.05, 4.69) is 16.9 Å². The lowest BCUT2D eigenvalue weighted by Gasteiger charge is -2.26. The zero-order valence-electron chi connectivity index (χ0n) is 13.6. The molecule has 8 heteroatoms. The average Bonchev–Trinajstić information content (AvgIpc) is 2.93. The molecule has 0 bridgehead atoms. The number of pyridine rings is 1. The van der Waals surface area contributed by atoms with E-state index in [1.54, 1.807) is 13.0 Å². The molecule has 130 valence electrons. The average molecular weight is 351 g/mol. The summed E-state index contributed by atoms with van der Waals surface area (Å²) in [5, 5.41) is 2.63. The fraction of sp³-hybridized carbons (Fsp3) is 0.438. The first-order chi connectivity index (χ1) is 11.4. The molecule has 1 fully saturated rings. The highest BCUT2D eigenvalue weighted by Gasteiger charge is 2.34. The molecule has 2 heterocycles. The maximum atomic E-state index is 12.7. The van der Waals surface area contributed by atoms with Crippen LogP contribution in [0.2, 0.25) is 0 Å². The Balaban J connectivity index is 2.19. The zero-order chi connectivity index (χ0) is 17.7. The largest absolute Gasteiger partial charge is 0.349 e. The summed E-state index contributed by atoms with van der Waals surface area (Å²) in [5.41, 5.74) is 0.456. The van der Waals surface area contributed by atoms with E-state index in [1.165, 1.54) is 23.2 Å². The summed E-state index contributed by atoms with van der Waals surface area (Å²) < 4.78 is 23.3. The minimum absolute atomic E-state index is 0.0217. The lowest BCUT2D eigenvalue weighted by molar-refractivity contribution is 0.0702. The van der Waals surface area contributed by atoms with Gasteiger partial charge in [-0.15, -0.1) is 6.58 Å². The highest BCUT2D eigenvalue weighted by molar-refractivity contribution is 7.91. The van der Waals surface area contributed by atoms with Gasteiger partial charge >= 0.3 is 0 Å². The molecule has 1 aliphatic rings. The molecule has 1 atom stereocenters. The van der Waals surface area contributed by atoms with E-state index in [9.17, 15) is 18.0 Å². The minimum atomic E-state index is -3.09. The van der Waals surface area contributed by atoms with E-state index in [1.807, 2.05) is 0 Å². The van der Waals surface area contributed by atoms with E-state index >= 15 is 0 Å². The summed E-state index contributed by atoms with van der Waals surface area (Å²) in [6, 6.07) is 2.60. The van der Waals surface area contributed by atoms with Crippen LogP contribution in [-0.4, -0.2) is 60.8 Å². The Bertz CT molecular complexity index is 745. The molecular formula is C16H21N3O4S. The summed E-state index contributed by atoms with van der Waals surface area (Å²) in [5.74, 6) is -0.610. The van der Waals surface area contributed by atoms with Crippen LogP contribution in [0.5, 0.6) is 0 Å². The molecular weight excluding hydrogens is 330 g/mol. The van der Waals surface area contributed by atoms with E-state index in [4.69, 9.17) is 0 Å². The van der Waals surface area contributed by atoms with Gasteiger partial charge in [0, 0.05) is 30.9 Å². The van der Waals surface area contributed by atoms with Gasteiger partial charge in [0.2, 0.25) is 0 Å². The molecule has 1 unspecified atom stereocenters. The first-order valence-corrected chi connectivity index (χ1v) is 9.56. The van der Waals surface area contributed by atoms with Crippen molar-refractivity contribution >= 4 is 21.7 Å². The van der Waals surface area contributed by atoms with E-state index in [0.717, 1.165) is 0 Å². The van der Waals surface area contributed by atoms with Gasteiger partial charge in [-0.3, -0.25) is 14.6 Å². The number of carbonyl (C=O) groups is 2. The number of carbonyl (C=O) groups excluding carboxylic acids is 2. The number of nitrogens with zero attached hydrogens (tertiary/aromatic N) is 2. The quantitative estimate of drug-likeness (QED) is 0.759. The third-order valence-electron chi connectivity index (χ3n) is 3.90. The standard InChI is InChI=1S/C16H21N3O4S/c1-3-7-18-15(20)12-5-8-17-14(10-12)16(21)19(4-2)13-6-9-24(22,23)11-13/h3,5,8,10,13H,1,4,6-7,9,11H2,2H3,(H,18,20). The van der Waals surface area contributed by atoms with Gasteiger partial charge in [-0.05, 0) is 25.5 Å². The Morgan fingerprint density at radius 2 is 2.25 bits per heavy atom. The van der Waals surface area contributed by atoms with Crippen molar-refractivity contribution in [3.05, 3.63) is 42.2 Å². The number of rotatable bonds is 6. The van der Waals surface area contributed by atoms with Crippen molar-refractivity contribution in [3.8, 4) is 0 Å². The summed E-state index contributed by atoms with van der Waals surface area (Å²) in [7, 11) is -3.09. The third kappa shape index (κ3) is 4.19. The molecule has 0 aromatic carbocycles.